The molecule has 0 bridgehead atoms. The zero-order valence-electron chi connectivity index (χ0n) is 19.0. The van der Waals surface area contributed by atoms with E-state index in [2.05, 4.69) is 25.5 Å². The molecule has 0 aliphatic heterocycles. The topological polar surface area (TPSA) is 295 Å². The van der Waals surface area contributed by atoms with E-state index < -0.39 is 85.2 Å². The monoisotopic (exact) mass is 510 g/mol. The van der Waals surface area contributed by atoms with Gasteiger partial charge in [-0.3, -0.25) is 24.0 Å². The molecular weight excluding hydrogens is 484 g/mol. The van der Waals surface area contributed by atoms with Gasteiger partial charge in [0.2, 0.25) is 29.3 Å². The van der Waals surface area contributed by atoms with Crippen LogP contribution in [0.1, 0.15) is 38.5 Å². The van der Waals surface area contributed by atoms with Crippen molar-refractivity contribution in [2.75, 3.05) is 6.54 Å². The number of hydrogen-bond donors (Lipinski definition) is 6. The maximum absolute atomic E-state index is 12.7. The van der Waals surface area contributed by atoms with E-state index in [1.54, 1.807) is 0 Å². The Morgan fingerprint density at radius 1 is 0.694 bits per heavy atom. The second-order valence-electron chi connectivity index (χ2n) is 7.22. The van der Waals surface area contributed by atoms with Crippen LogP contribution in [0.25, 0.3) is 11.1 Å². The van der Waals surface area contributed by atoms with Crippen LogP contribution in [0.5, 0.6) is 0 Å². The SMILES string of the molecule is [N-]=[N+]=CC(=O)CC[C@H](NC(=O)[C@H](CCC(=O)C=[N+]=[N-])NC(=O)CC[C@H](NC(=O)CN)C(=O)O)C(=O)O. The lowest BCUT2D eigenvalue weighted by molar-refractivity contribution is -0.142. The fourth-order valence-electron chi connectivity index (χ4n) is 2.68. The summed E-state index contributed by atoms with van der Waals surface area (Å²) >= 11 is 0. The number of amides is 3. The first-order chi connectivity index (χ1) is 16.9. The van der Waals surface area contributed by atoms with Crippen LogP contribution >= 0.6 is 0 Å². The van der Waals surface area contributed by atoms with Gasteiger partial charge in [-0.25, -0.2) is 9.59 Å². The molecule has 36 heavy (non-hydrogen) atoms. The number of nitrogens with zero attached hydrogens (tertiary/aromatic N) is 4. The predicted octanol–water partition coefficient (Wildman–Crippen LogP) is -3.35. The fourth-order valence-corrected chi connectivity index (χ4v) is 2.68. The van der Waals surface area contributed by atoms with Crippen molar-refractivity contribution in [3.63, 3.8) is 0 Å². The smallest absolute Gasteiger partial charge is 0.326 e. The van der Waals surface area contributed by atoms with Crippen LogP contribution in [0.3, 0.4) is 0 Å². The Morgan fingerprint density at radius 2 is 1.11 bits per heavy atom. The Kier molecular flexibility index (Phi) is 14.8. The number of carboxylic acid groups (broad SMARTS) is 2. The normalized spacial score (nSPS) is 12.4. The molecule has 0 aliphatic carbocycles. The number of nitrogens with one attached hydrogen (secondary N) is 3. The Balaban J connectivity index is 5.39. The van der Waals surface area contributed by atoms with E-state index >= 15 is 0 Å². The van der Waals surface area contributed by atoms with Gasteiger partial charge in [0.15, 0.2) is 0 Å². The fraction of sp³-hybridized carbons (Fsp3) is 0.526. The molecule has 0 heterocycles. The molecule has 0 fully saturated rings. The van der Waals surface area contributed by atoms with E-state index in [-0.39, 0.29) is 19.3 Å². The van der Waals surface area contributed by atoms with Gasteiger partial charge < -0.3 is 43.0 Å². The lowest BCUT2D eigenvalue weighted by Gasteiger charge is -2.21. The van der Waals surface area contributed by atoms with Gasteiger partial charge in [-0.2, -0.15) is 9.58 Å². The highest BCUT2D eigenvalue weighted by Gasteiger charge is 2.28. The predicted molar refractivity (Wildman–Crippen MR) is 117 cm³/mol. The summed E-state index contributed by atoms with van der Waals surface area (Å²) in [5.41, 5.74) is 21.9. The van der Waals surface area contributed by atoms with Crippen molar-refractivity contribution in [3.8, 4) is 0 Å². The minimum absolute atomic E-state index is 0.350. The molecule has 0 saturated carbocycles. The van der Waals surface area contributed by atoms with E-state index in [0.717, 1.165) is 0 Å². The molecule has 3 atom stereocenters. The maximum Gasteiger partial charge on any atom is 0.326 e. The Morgan fingerprint density at radius 3 is 1.56 bits per heavy atom. The number of carbonyl (C=O) groups excluding carboxylic acids is 5. The zero-order chi connectivity index (χ0) is 27.7. The first kappa shape index (κ1) is 31.4. The second kappa shape index (κ2) is 16.9. The summed E-state index contributed by atoms with van der Waals surface area (Å²) in [7, 11) is 0. The van der Waals surface area contributed by atoms with Gasteiger partial charge in [0, 0.05) is 19.3 Å². The average Bonchev–Trinajstić information content (AvgIpc) is 2.81. The second-order valence-corrected chi connectivity index (χ2v) is 7.22. The third-order valence-electron chi connectivity index (χ3n) is 4.51. The largest absolute Gasteiger partial charge is 0.480 e. The number of Topliss-reactive ketones (excluding diaryl/α,β-unsaturated/α-hetero) is 2. The van der Waals surface area contributed by atoms with Gasteiger partial charge in [-0.05, 0) is 19.3 Å². The zero-order valence-corrected chi connectivity index (χ0v) is 19.0. The molecule has 0 saturated heterocycles. The maximum atomic E-state index is 12.7. The Bertz CT molecular complexity index is 970. The minimum atomic E-state index is -1.58. The van der Waals surface area contributed by atoms with Crippen molar-refractivity contribution in [2.24, 2.45) is 5.73 Å². The van der Waals surface area contributed by atoms with Gasteiger partial charge in [-0.1, -0.05) is 0 Å². The summed E-state index contributed by atoms with van der Waals surface area (Å²) in [6.45, 7) is -0.480. The van der Waals surface area contributed by atoms with Gasteiger partial charge >= 0.3 is 24.4 Å². The molecule has 0 aromatic rings. The number of carbonyl (C=O) groups is 7. The van der Waals surface area contributed by atoms with Crippen LogP contribution in [-0.2, 0) is 33.6 Å². The minimum Gasteiger partial charge on any atom is -0.480 e. The summed E-state index contributed by atoms with van der Waals surface area (Å²) in [4.78, 5) is 87.1. The third kappa shape index (κ3) is 13.2. The van der Waals surface area contributed by atoms with Crippen molar-refractivity contribution in [3.05, 3.63) is 11.1 Å². The molecule has 0 unspecified atom stereocenters. The van der Waals surface area contributed by atoms with Crippen molar-refractivity contribution in [1.29, 1.82) is 0 Å². The Labute approximate surface area is 203 Å². The highest BCUT2D eigenvalue weighted by molar-refractivity contribution is 6.25. The van der Waals surface area contributed by atoms with Crippen molar-refractivity contribution in [1.82, 2.24) is 16.0 Å². The summed E-state index contributed by atoms with van der Waals surface area (Å²) < 4.78 is 0. The number of rotatable bonds is 18. The average molecular weight is 510 g/mol. The van der Waals surface area contributed by atoms with Gasteiger partial charge in [0.25, 0.3) is 0 Å². The van der Waals surface area contributed by atoms with Crippen LogP contribution in [-0.4, -0.2) is 98.1 Å². The molecular formula is C19H26N8O9. The van der Waals surface area contributed by atoms with Crippen LogP contribution in [0.15, 0.2) is 0 Å². The van der Waals surface area contributed by atoms with Gasteiger partial charge in [-0.15, -0.1) is 0 Å². The van der Waals surface area contributed by atoms with Crippen molar-refractivity contribution in [2.45, 2.75) is 56.7 Å². The summed E-state index contributed by atoms with van der Waals surface area (Å²) in [5.74, 6) is -7.03. The summed E-state index contributed by atoms with van der Waals surface area (Å²) in [5, 5.41) is 24.9. The Hall–Kier alpha value is -4.59. The summed E-state index contributed by atoms with van der Waals surface area (Å²) in [6.07, 6.45) is -1.26. The lowest BCUT2D eigenvalue weighted by Crippen LogP contribution is -2.52. The van der Waals surface area contributed by atoms with Crippen LogP contribution in [0.2, 0.25) is 0 Å². The first-order valence-corrected chi connectivity index (χ1v) is 10.4. The van der Waals surface area contributed by atoms with E-state index in [1.807, 2.05) is 0 Å². The molecule has 3 amide bonds. The molecule has 7 N–H and O–H groups in total. The quantitative estimate of drug-likeness (QED) is 0.0604. The highest BCUT2D eigenvalue weighted by Crippen LogP contribution is 2.05. The molecule has 0 aromatic heterocycles. The highest BCUT2D eigenvalue weighted by atomic mass is 16.4. The van der Waals surface area contributed by atoms with Gasteiger partial charge in [0.05, 0.1) is 6.54 Å². The molecule has 17 heteroatoms. The van der Waals surface area contributed by atoms with Crippen LogP contribution in [0.4, 0.5) is 0 Å². The molecule has 0 aliphatic rings. The number of hydrogen-bond acceptors (Lipinski definition) is 8. The summed E-state index contributed by atoms with van der Waals surface area (Å²) in [6, 6.07) is -4.49. The van der Waals surface area contributed by atoms with Gasteiger partial charge in [0.1, 0.15) is 18.1 Å². The van der Waals surface area contributed by atoms with Crippen LogP contribution < -0.4 is 21.7 Å². The molecule has 196 valence electrons. The van der Waals surface area contributed by atoms with E-state index in [9.17, 15) is 38.7 Å². The number of nitrogens with two attached hydrogens (primary N) is 1. The van der Waals surface area contributed by atoms with E-state index in [4.69, 9.17) is 21.9 Å². The molecule has 0 spiro atoms. The third-order valence-corrected chi connectivity index (χ3v) is 4.51. The van der Waals surface area contributed by atoms with Crippen LogP contribution in [0, 0.1) is 0 Å². The van der Waals surface area contributed by atoms with Crippen molar-refractivity contribution >= 4 is 53.7 Å². The molecule has 0 aromatic carbocycles. The number of aliphatic carboxylic acids is 2. The first-order valence-electron chi connectivity index (χ1n) is 10.4. The molecule has 0 rings (SSSR count). The van der Waals surface area contributed by atoms with E-state index in [0.29, 0.717) is 12.4 Å². The molecule has 0 radical (unpaired) electrons. The van der Waals surface area contributed by atoms with E-state index in [1.165, 1.54) is 0 Å². The van der Waals surface area contributed by atoms with Crippen molar-refractivity contribution < 1.29 is 53.4 Å². The lowest BCUT2D eigenvalue weighted by atomic mass is 10.0. The number of ketones is 2. The number of carboxylic acids is 2. The standard InChI is InChI=1S/C19H26N8O9/c20-7-16(31)26-13(18(33)34)5-6-15(30)25-12(3-1-10(28)8-23-21)17(32)27-14(19(35)36)4-2-11(29)9-24-22/h8-9,12-14H,1-7,20H2,(H,25,30)(H,26,31)(H,27,32)(H,33,34)(H,35,36)/t12-,13-,14-/m0/s1. The molecule has 17 nitrogen and oxygen atoms in total.